The minimum atomic E-state index is -1.10. The summed E-state index contributed by atoms with van der Waals surface area (Å²) in [7, 11) is 1.37. The van der Waals surface area contributed by atoms with Crippen LogP contribution in [0.25, 0.3) is 0 Å². The van der Waals surface area contributed by atoms with Crippen LogP contribution >= 0.6 is 15.9 Å². The number of nitrogens with one attached hydrogen (secondary N) is 1. The standard InChI is InChI=1S/C12H14BrN3O5/c1-3-10(11(17)18)15(2)12(19)14-9-5-4-7(16(20)21)6-8(9)13/h4-6,10H,3H2,1-2H3,(H,14,19)(H,17,18). The molecule has 1 aromatic carbocycles. The second kappa shape index (κ2) is 7.02. The molecule has 114 valence electrons. The van der Waals surface area contributed by atoms with Gasteiger partial charge in [-0.1, -0.05) is 6.92 Å². The van der Waals surface area contributed by atoms with Gasteiger partial charge in [-0.15, -0.1) is 0 Å². The van der Waals surface area contributed by atoms with E-state index in [1.807, 2.05) is 0 Å². The molecule has 2 amide bonds. The van der Waals surface area contributed by atoms with Gasteiger partial charge in [0, 0.05) is 23.7 Å². The fourth-order valence-electron chi connectivity index (χ4n) is 1.68. The third-order valence-electron chi connectivity index (χ3n) is 2.86. The summed E-state index contributed by atoms with van der Waals surface area (Å²) in [6.45, 7) is 1.66. The predicted octanol–water partition coefficient (Wildman–Crippen LogP) is 2.68. The van der Waals surface area contributed by atoms with Crippen molar-refractivity contribution in [2.24, 2.45) is 0 Å². The van der Waals surface area contributed by atoms with E-state index in [9.17, 15) is 19.7 Å². The number of non-ortho nitro benzene ring substituents is 1. The summed E-state index contributed by atoms with van der Waals surface area (Å²) in [6, 6.07) is 2.31. The second-order valence-corrected chi connectivity index (χ2v) is 5.08. The zero-order chi connectivity index (χ0) is 16.2. The molecule has 1 unspecified atom stereocenters. The van der Waals surface area contributed by atoms with Crippen LogP contribution in [0.4, 0.5) is 16.2 Å². The van der Waals surface area contributed by atoms with Crippen molar-refractivity contribution in [3.63, 3.8) is 0 Å². The van der Waals surface area contributed by atoms with Gasteiger partial charge in [0.05, 0.1) is 10.6 Å². The SMILES string of the molecule is CCC(C(=O)O)N(C)C(=O)Nc1ccc([N+](=O)[O-])cc1Br. The van der Waals surface area contributed by atoms with Gasteiger partial charge >= 0.3 is 12.0 Å². The monoisotopic (exact) mass is 359 g/mol. The Bertz CT molecular complexity index is 578. The number of carbonyl (C=O) groups is 2. The average Bonchev–Trinajstić information content (AvgIpc) is 2.40. The van der Waals surface area contributed by atoms with Gasteiger partial charge in [0.1, 0.15) is 6.04 Å². The molecule has 0 aromatic heterocycles. The molecular formula is C12H14BrN3O5. The number of carbonyl (C=O) groups excluding carboxylic acids is 1. The van der Waals surface area contributed by atoms with Crippen molar-refractivity contribution >= 4 is 39.3 Å². The van der Waals surface area contributed by atoms with Crippen LogP contribution in [0.2, 0.25) is 0 Å². The zero-order valence-electron chi connectivity index (χ0n) is 11.4. The minimum absolute atomic E-state index is 0.120. The number of rotatable bonds is 5. The highest BCUT2D eigenvalue weighted by Gasteiger charge is 2.25. The Hall–Kier alpha value is -2.16. The van der Waals surface area contributed by atoms with Crippen LogP contribution in [-0.2, 0) is 4.79 Å². The fraction of sp³-hybridized carbons (Fsp3) is 0.333. The number of carboxylic acid groups (broad SMARTS) is 1. The van der Waals surface area contributed by atoms with Crippen molar-refractivity contribution in [2.75, 3.05) is 12.4 Å². The van der Waals surface area contributed by atoms with Crippen LogP contribution in [-0.4, -0.2) is 40.0 Å². The predicted molar refractivity (Wildman–Crippen MR) is 79.3 cm³/mol. The third-order valence-corrected chi connectivity index (χ3v) is 3.52. The van der Waals surface area contributed by atoms with E-state index in [4.69, 9.17) is 5.11 Å². The number of aliphatic carboxylic acids is 1. The highest BCUT2D eigenvalue weighted by Crippen LogP contribution is 2.27. The van der Waals surface area contributed by atoms with Crippen molar-refractivity contribution in [1.29, 1.82) is 0 Å². The number of halogens is 1. The Morgan fingerprint density at radius 1 is 1.52 bits per heavy atom. The van der Waals surface area contributed by atoms with Crippen LogP contribution in [0, 0.1) is 10.1 Å². The highest BCUT2D eigenvalue weighted by atomic mass is 79.9. The number of hydrogen-bond acceptors (Lipinski definition) is 4. The number of likely N-dealkylation sites (N-methyl/N-ethyl adjacent to an activating group) is 1. The minimum Gasteiger partial charge on any atom is -0.480 e. The zero-order valence-corrected chi connectivity index (χ0v) is 13.0. The Morgan fingerprint density at radius 2 is 2.14 bits per heavy atom. The van der Waals surface area contributed by atoms with E-state index in [1.54, 1.807) is 6.92 Å². The first kappa shape index (κ1) is 16.9. The van der Waals surface area contributed by atoms with Crippen LogP contribution in [0.5, 0.6) is 0 Å². The molecule has 0 saturated heterocycles. The Labute approximate surface area is 129 Å². The number of nitro groups is 1. The van der Waals surface area contributed by atoms with E-state index < -0.39 is 23.0 Å². The van der Waals surface area contributed by atoms with E-state index in [2.05, 4.69) is 21.2 Å². The number of nitro benzene ring substituents is 1. The molecule has 0 heterocycles. The Balaban J connectivity index is 2.88. The smallest absolute Gasteiger partial charge is 0.326 e. The molecule has 0 spiro atoms. The van der Waals surface area contributed by atoms with Crippen molar-refractivity contribution in [3.8, 4) is 0 Å². The van der Waals surface area contributed by atoms with Gasteiger partial charge in [0.25, 0.3) is 5.69 Å². The lowest BCUT2D eigenvalue weighted by Crippen LogP contribution is -2.44. The molecule has 2 N–H and O–H groups in total. The molecule has 0 aliphatic rings. The lowest BCUT2D eigenvalue weighted by Gasteiger charge is -2.24. The molecule has 8 nitrogen and oxygen atoms in total. The molecule has 0 aliphatic heterocycles. The Morgan fingerprint density at radius 3 is 2.57 bits per heavy atom. The molecular weight excluding hydrogens is 346 g/mol. The van der Waals surface area contributed by atoms with Crippen molar-refractivity contribution in [3.05, 3.63) is 32.8 Å². The molecule has 1 aromatic rings. The van der Waals surface area contributed by atoms with E-state index in [1.165, 1.54) is 25.2 Å². The van der Waals surface area contributed by atoms with Gasteiger partial charge in [-0.25, -0.2) is 9.59 Å². The maximum Gasteiger partial charge on any atom is 0.326 e. The number of urea groups is 1. The van der Waals surface area contributed by atoms with Crippen molar-refractivity contribution < 1.29 is 19.6 Å². The number of amides is 2. The Kier molecular flexibility index (Phi) is 5.65. The lowest BCUT2D eigenvalue weighted by atomic mass is 10.2. The molecule has 0 bridgehead atoms. The quantitative estimate of drug-likeness (QED) is 0.619. The largest absolute Gasteiger partial charge is 0.480 e. The van der Waals surface area contributed by atoms with E-state index in [-0.39, 0.29) is 12.1 Å². The fourth-order valence-corrected chi connectivity index (χ4v) is 2.14. The maximum atomic E-state index is 12.0. The number of nitrogens with zero attached hydrogens (tertiary/aromatic N) is 2. The molecule has 0 fully saturated rings. The van der Waals surface area contributed by atoms with Crippen LogP contribution in [0.3, 0.4) is 0 Å². The molecule has 0 radical (unpaired) electrons. The van der Waals surface area contributed by atoms with Crippen molar-refractivity contribution in [2.45, 2.75) is 19.4 Å². The summed E-state index contributed by atoms with van der Waals surface area (Å²) < 4.78 is 0.335. The first-order valence-electron chi connectivity index (χ1n) is 5.98. The molecule has 21 heavy (non-hydrogen) atoms. The number of carboxylic acids is 1. The van der Waals surface area contributed by atoms with E-state index >= 15 is 0 Å². The molecule has 1 atom stereocenters. The first-order valence-corrected chi connectivity index (χ1v) is 6.77. The molecule has 9 heteroatoms. The van der Waals surface area contributed by atoms with Gasteiger partial charge in [0.15, 0.2) is 0 Å². The first-order chi connectivity index (χ1) is 9.77. The summed E-state index contributed by atoms with van der Waals surface area (Å²) in [5, 5.41) is 22.1. The summed E-state index contributed by atoms with van der Waals surface area (Å²) in [4.78, 5) is 34.1. The van der Waals surface area contributed by atoms with E-state index in [0.29, 0.717) is 10.2 Å². The highest BCUT2D eigenvalue weighted by molar-refractivity contribution is 9.10. The lowest BCUT2D eigenvalue weighted by molar-refractivity contribution is -0.384. The van der Waals surface area contributed by atoms with Crippen molar-refractivity contribution in [1.82, 2.24) is 4.90 Å². The number of hydrogen-bond donors (Lipinski definition) is 2. The summed E-state index contributed by atoms with van der Waals surface area (Å²) in [5.74, 6) is -1.10. The van der Waals surface area contributed by atoms with Gasteiger partial charge in [0.2, 0.25) is 0 Å². The molecule has 0 saturated carbocycles. The van der Waals surface area contributed by atoms with Crippen LogP contribution < -0.4 is 5.32 Å². The van der Waals surface area contributed by atoms with Crippen LogP contribution in [0.1, 0.15) is 13.3 Å². The molecule has 0 aliphatic carbocycles. The maximum absolute atomic E-state index is 12.0. The average molecular weight is 360 g/mol. The van der Waals surface area contributed by atoms with Crippen LogP contribution in [0.15, 0.2) is 22.7 Å². The normalized spacial score (nSPS) is 11.6. The number of benzene rings is 1. The third kappa shape index (κ3) is 4.15. The second-order valence-electron chi connectivity index (χ2n) is 4.22. The summed E-state index contributed by atoms with van der Waals surface area (Å²) >= 11 is 3.12. The van der Waals surface area contributed by atoms with E-state index in [0.717, 1.165) is 4.90 Å². The topological polar surface area (TPSA) is 113 Å². The molecule has 1 rings (SSSR count). The van der Waals surface area contributed by atoms with Gasteiger partial charge in [-0.2, -0.15) is 0 Å². The van der Waals surface area contributed by atoms with Gasteiger partial charge in [-0.3, -0.25) is 10.1 Å². The summed E-state index contributed by atoms with van der Waals surface area (Å²) in [5.41, 5.74) is 0.197. The van der Waals surface area contributed by atoms with Gasteiger partial charge in [-0.05, 0) is 28.4 Å². The number of anilines is 1. The van der Waals surface area contributed by atoms with Gasteiger partial charge < -0.3 is 15.3 Å². The summed E-state index contributed by atoms with van der Waals surface area (Å²) in [6.07, 6.45) is 0.265.